The summed E-state index contributed by atoms with van der Waals surface area (Å²) in [5, 5.41) is 46.5. The molecule has 0 radical (unpaired) electrons. The van der Waals surface area contributed by atoms with Crippen LogP contribution in [0.4, 0.5) is 0 Å². The van der Waals surface area contributed by atoms with Crippen molar-refractivity contribution in [3.63, 3.8) is 0 Å². The monoisotopic (exact) mass is 520 g/mol. The number of nitrogens with two attached hydrogens (primary N) is 1. The lowest BCUT2D eigenvalue weighted by atomic mass is 9.96. The quantitative estimate of drug-likeness (QED) is 0.117. The number of aliphatic hydroxyl groups is 3. The van der Waals surface area contributed by atoms with Crippen LogP contribution in [0.5, 0.6) is 0 Å². The van der Waals surface area contributed by atoms with Crippen molar-refractivity contribution >= 4 is 29.6 Å². The summed E-state index contributed by atoms with van der Waals surface area (Å²) in [7, 11) is 0. The highest BCUT2D eigenvalue weighted by Crippen LogP contribution is 2.24. The number of rotatable bonds is 13. The van der Waals surface area contributed by atoms with E-state index in [2.05, 4.69) is 16.0 Å². The molecular formula is C21H36N4O11. The van der Waals surface area contributed by atoms with Crippen molar-refractivity contribution in [2.75, 3.05) is 6.61 Å². The van der Waals surface area contributed by atoms with E-state index in [0.29, 0.717) is 0 Å². The molecule has 1 fully saturated rings. The normalized spacial score (nSPS) is 26.4. The van der Waals surface area contributed by atoms with E-state index < -0.39 is 91.0 Å². The number of carboxylic acid groups (broad SMARTS) is 1. The lowest BCUT2D eigenvalue weighted by Crippen LogP contribution is -2.65. The minimum Gasteiger partial charge on any atom is -0.480 e. The fourth-order valence-electron chi connectivity index (χ4n) is 3.54. The summed E-state index contributed by atoms with van der Waals surface area (Å²) >= 11 is 0. The number of carbonyl (C=O) groups excluding carboxylic acids is 4. The van der Waals surface area contributed by atoms with Gasteiger partial charge >= 0.3 is 5.97 Å². The molecule has 206 valence electrons. The van der Waals surface area contributed by atoms with Gasteiger partial charge in [-0.15, -0.1) is 0 Å². The molecule has 1 aliphatic heterocycles. The zero-order valence-electron chi connectivity index (χ0n) is 20.5. The molecule has 9 N–H and O–H groups in total. The Labute approximate surface area is 207 Å². The standard InChI is InChI=1S/C21H36N4O11/c1-8(2)14(19(31)24-11(20(32)33)5-6-13(22)28)25-18(30)9(3)35-17-15(23-10(4)27)21(34)36-12(7-26)16(17)29/h8-9,11-12,14-17,21,26,29,34H,5-7H2,1-4H3,(H2,22,28)(H,23,27)(H,24,31)(H,25,30)(H,32,33)/t9-,11-,12-,14+,15+,16+,17-,21-/m1/s1. The number of primary amides is 1. The molecular weight excluding hydrogens is 484 g/mol. The minimum absolute atomic E-state index is 0.241. The zero-order valence-corrected chi connectivity index (χ0v) is 20.5. The average molecular weight is 521 g/mol. The predicted molar refractivity (Wildman–Crippen MR) is 121 cm³/mol. The maximum atomic E-state index is 12.8. The molecule has 0 bridgehead atoms. The molecule has 4 amide bonds. The van der Waals surface area contributed by atoms with Crippen LogP contribution >= 0.6 is 0 Å². The molecule has 0 spiro atoms. The number of ether oxygens (including phenoxy) is 2. The molecule has 8 atom stereocenters. The first kappa shape index (κ1) is 31.2. The van der Waals surface area contributed by atoms with Crippen molar-refractivity contribution in [3.05, 3.63) is 0 Å². The van der Waals surface area contributed by atoms with Gasteiger partial charge in [-0.05, 0) is 19.3 Å². The number of nitrogens with one attached hydrogen (secondary N) is 3. The van der Waals surface area contributed by atoms with Crippen LogP contribution in [0.2, 0.25) is 0 Å². The fourth-order valence-corrected chi connectivity index (χ4v) is 3.54. The summed E-state index contributed by atoms with van der Waals surface area (Å²) in [5.74, 6) is -4.83. The van der Waals surface area contributed by atoms with Gasteiger partial charge in [0.25, 0.3) is 0 Å². The number of amides is 4. The molecule has 1 aliphatic rings. The molecule has 1 heterocycles. The van der Waals surface area contributed by atoms with Crippen LogP contribution in [0, 0.1) is 5.92 Å². The highest BCUT2D eigenvalue weighted by molar-refractivity contribution is 5.91. The van der Waals surface area contributed by atoms with Crippen molar-refractivity contribution < 1.29 is 53.9 Å². The Balaban J connectivity index is 2.96. The van der Waals surface area contributed by atoms with Crippen LogP contribution in [0.25, 0.3) is 0 Å². The second-order valence-corrected chi connectivity index (χ2v) is 8.84. The van der Waals surface area contributed by atoms with Gasteiger partial charge in [-0.1, -0.05) is 13.8 Å². The summed E-state index contributed by atoms with van der Waals surface area (Å²) in [6, 6.07) is -3.88. The average Bonchev–Trinajstić information content (AvgIpc) is 2.77. The fraction of sp³-hybridized carbons (Fsp3) is 0.762. The van der Waals surface area contributed by atoms with Gasteiger partial charge in [0.15, 0.2) is 6.29 Å². The second-order valence-electron chi connectivity index (χ2n) is 8.84. The highest BCUT2D eigenvalue weighted by Gasteiger charge is 2.47. The predicted octanol–water partition coefficient (Wildman–Crippen LogP) is -3.69. The van der Waals surface area contributed by atoms with E-state index in [4.69, 9.17) is 15.2 Å². The van der Waals surface area contributed by atoms with E-state index in [9.17, 15) is 44.4 Å². The van der Waals surface area contributed by atoms with Gasteiger partial charge in [0.2, 0.25) is 23.6 Å². The van der Waals surface area contributed by atoms with Crippen LogP contribution < -0.4 is 21.7 Å². The number of carboxylic acids is 1. The molecule has 1 saturated heterocycles. The van der Waals surface area contributed by atoms with Crippen LogP contribution in [-0.2, 0) is 33.4 Å². The zero-order chi connectivity index (χ0) is 27.7. The SMILES string of the molecule is CC(=O)N[C@H]1[C@@H](O[C@H](C)C(=O)N[C@H](C(=O)N[C@H](CCC(N)=O)C(=O)O)C(C)C)[C@@H](O)[C@@H](CO)O[C@H]1O. The van der Waals surface area contributed by atoms with Gasteiger partial charge < -0.3 is 51.6 Å². The summed E-state index contributed by atoms with van der Waals surface area (Å²) in [5.41, 5.74) is 5.03. The maximum absolute atomic E-state index is 12.8. The van der Waals surface area contributed by atoms with E-state index in [1.165, 1.54) is 6.92 Å². The number of aliphatic carboxylic acids is 1. The van der Waals surface area contributed by atoms with Crippen LogP contribution in [-0.4, -0.2) is 105 Å². The topological polar surface area (TPSA) is 247 Å². The van der Waals surface area contributed by atoms with Gasteiger partial charge in [0, 0.05) is 13.3 Å². The van der Waals surface area contributed by atoms with Crippen LogP contribution in [0.3, 0.4) is 0 Å². The number of hydrogen-bond acceptors (Lipinski definition) is 10. The molecule has 1 rings (SSSR count). The van der Waals surface area contributed by atoms with Gasteiger partial charge in [0.05, 0.1) is 6.61 Å². The van der Waals surface area contributed by atoms with Crippen molar-refractivity contribution in [1.82, 2.24) is 16.0 Å². The Bertz CT molecular complexity index is 809. The molecule has 15 heteroatoms. The molecule has 15 nitrogen and oxygen atoms in total. The van der Waals surface area contributed by atoms with Gasteiger partial charge in [-0.3, -0.25) is 19.2 Å². The highest BCUT2D eigenvalue weighted by atomic mass is 16.6. The first-order valence-corrected chi connectivity index (χ1v) is 11.4. The third-order valence-corrected chi connectivity index (χ3v) is 5.51. The Morgan fingerprint density at radius 1 is 1.06 bits per heavy atom. The third kappa shape index (κ3) is 8.98. The molecule has 0 aromatic rings. The van der Waals surface area contributed by atoms with E-state index in [1.807, 2.05) is 0 Å². The third-order valence-electron chi connectivity index (χ3n) is 5.51. The Hall–Kier alpha value is -2.85. The Morgan fingerprint density at radius 2 is 1.67 bits per heavy atom. The molecule has 0 aromatic carbocycles. The van der Waals surface area contributed by atoms with E-state index in [0.717, 1.165) is 6.92 Å². The Kier molecular flexibility index (Phi) is 12.2. The summed E-state index contributed by atoms with van der Waals surface area (Å²) in [6.45, 7) is 4.98. The smallest absolute Gasteiger partial charge is 0.326 e. The summed E-state index contributed by atoms with van der Waals surface area (Å²) in [4.78, 5) is 59.5. The number of carbonyl (C=O) groups is 5. The first-order chi connectivity index (χ1) is 16.7. The summed E-state index contributed by atoms with van der Waals surface area (Å²) in [6.07, 6.45) is -7.65. The first-order valence-electron chi connectivity index (χ1n) is 11.4. The van der Waals surface area contributed by atoms with Gasteiger partial charge in [0.1, 0.15) is 42.5 Å². The second kappa shape index (κ2) is 14.0. The van der Waals surface area contributed by atoms with Gasteiger partial charge in [-0.25, -0.2) is 4.79 Å². The lowest BCUT2D eigenvalue weighted by Gasteiger charge is -2.43. The number of aliphatic hydroxyl groups excluding tert-OH is 3. The molecule has 0 unspecified atom stereocenters. The van der Waals surface area contributed by atoms with E-state index in [-0.39, 0.29) is 12.8 Å². The lowest BCUT2D eigenvalue weighted by molar-refractivity contribution is -0.266. The van der Waals surface area contributed by atoms with Crippen molar-refractivity contribution in [2.24, 2.45) is 11.7 Å². The number of hydrogen-bond donors (Lipinski definition) is 8. The molecule has 36 heavy (non-hydrogen) atoms. The van der Waals surface area contributed by atoms with Crippen LogP contribution in [0.1, 0.15) is 40.5 Å². The molecule has 0 saturated carbocycles. The van der Waals surface area contributed by atoms with Crippen molar-refractivity contribution in [2.45, 2.75) is 89.4 Å². The largest absolute Gasteiger partial charge is 0.480 e. The van der Waals surface area contributed by atoms with Crippen molar-refractivity contribution in [1.29, 1.82) is 0 Å². The van der Waals surface area contributed by atoms with E-state index >= 15 is 0 Å². The minimum atomic E-state index is -1.66. The van der Waals surface area contributed by atoms with Gasteiger partial charge in [-0.2, -0.15) is 0 Å². The van der Waals surface area contributed by atoms with Crippen molar-refractivity contribution in [3.8, 4) is 0 Å². The van der Waals surface area contributed by atoms with E-state index in [1.54, 1.807) is 13.8 Å². The van der Waals surface area contributed by atoms with Crippen LogP contribution in [0.15, 0.2) is 0 Å². The summed E-state index contributed by atoms with van der Waals surface area (Å²) < 4.78 is 10.7. The molecule has 0 aromatic heterocycles. The molecule has 0 aliphatic carbocycles. The Morgan fingerprint density at radius 3 is 2.14 bits per heavy atom. The maximum Gasteiger partial charge on any atom is 0.326 e.